The Labute approximate surface area is 124 Å². The fourth-order valence-electron chi connectivity index (χ4n) is 4.05. The molecule has 2 atom stereocenters. The molecule has 3 heteroatoms. The van der Waals surface area contributed by atoms with Gasteiger partial charge in [-0.05, 0) is 64.0 Å². The molecule has 3 nitrogen and oxygen atoms in total. The summed E-state index contributed by atoms with van der Waals surface area (Å²) in [6, 6.07) is 1.72. The van der Waals surface area contributed by atoms with Crippen molar-refractivity contribution in [2.45, 2.75) is 76.5 Å². The van der Waals surface area contributed by atoms with Gasteiger partial charge in [0.2, 0.25) is 0 Å². The lowest BCUT2D eigenvalue weighted by Crippen LogP contribution is -2.47. The van der Waals surface area contributed by atoms with E-state index in [0.29, 0.717) is 6.10 Å². The maximum Gasteiger partial charge on any atom is 0.0590 e. The molecule has 3 rings (SSSR count). The van der Waals surface area contributed by atoms with Gasteiger partial charge in [0.1, 0.15) is 0 Å². The van der Waals surface area contributed by atoms with Crippen molar-refractivity contribution in [2.75, 3.05) is 26.2 Å². The fourth-order valence-corrected chi connectivity index (χ4v) is 4.05. The van der Waals surface area contributed by atoms with Crippen LogP contribution in [0.5, 0.6) is 0 Å². The summed E-state index contributed by atoms with van der Waals surface area (Å²) in [5, 5.41) is 3.50. The maximum absolute atomic E-state index is 5.95. The van der Waals surface area contributed by atoms with E-state index in [2.05, 4.69) is 17.1 Å². The van der Waals surface area contributed by atoms with Crippen molar-refractivity contribution >= 4 is 0 Å². The van der Waals surface area contributed by atoms with Gasteiger partial charge < -0.3 is 10.1 Å². The number of nitrogens with one attached hydrogen (secondary N) is 1. The van der Waals surface area contributed by atoms with Crippen LogP contribution < -0.4 is 5.32 Å². The molecule has 0 aromatic rings. The number of nitrogens with zero attached hydrogens (tertiary/aromatic N) is 1. The van der Waals surface area contributed by atoms with E-state index in [9.17, 15) is 0 Å². The molecule has 2 aliphatic heterocycles. The first-order chi connectivity index (χ1) is 9.86. The predicted octanol–water partition coefficient (Wildman–Crippen LogP) is 2.80. The summed E-state index contributed by atoms with van der Waals surface area (Å²) < 4.78 is 5.95. The van der Waals surface area contributed by atoms with Gasteiger partial charge in [-0.2, -0.15) is 0 Å². The third-order valence-corrected chi connectivity index (χ3v) is 5.36. The molecule has 2 heterocycles. The van der Waals surface area contributed by atoms with Gasteiger partial charge in [0.15, 0.2) is 0 Å². The Kier molecular flexibility index (Phi) is 5.36. The van der Waals surface area contributed by atoms with E-state index in [1.165, 1.54) is 71.0 Å². The van der Waals surface area contributed by atoms with Crippen LogP contribution in [-0.2, 0) is 4.74 Å². The fraction of sp³-hybridized carbons (Fsp3) is 1.00. The maximum atomic E-state index is 5.95. The summed E-state index contributed by atoms with van der Waals surface area (Å²) in [5.74, 6) is 0.935. The minimum atomic E-state index is 0.535. The van der Waals surface area contributed by atoms with Gasteiger partial charge >= 0.3 is 0 Å². The smallest absolute Gasteiger partial charge is 0.0590 e. The monoisotopic (exact) mass is 280 g/mol. The third kappa shape index (κ3) is 3.96. The molecule has 1 saturated carbocycles. The molecule has 3 aliphatic rings. The minimum absolute atomic E-state index is 0.535. The predicted molar refractivity (Wildman–Crippen MR) is 83.0 cm³/mol. The topological polar surface area (TPSA) is 24.5 Å². The van der Waals surface area contributed by atoms with Crippen LogP contribution in [-0.4, -0.2) is 49.3 Å². The number of hydrogen-bond donors (Lipinski definition) is 1. The standard InChI is InChI=1S/C17H32N2O/c1-2-3-17-12-16(8-11-20-17)19(15-4-5-15)13-14-6-9-18-10-7-14/h14-18H,2-13H2,1H3. The zero-order chi connectivity index (χ0) is 13.8. The van der Waals surface area contributed by atoms with Crippen LogP contribution in [0.1, 0.15) is 58.3 Å². The van der Waals surface area contributed by atoms with Gasteiger partial charge in [-0.3, -0.25) is 4.90 Å². The van der Waals surface area contributed by atoms with Gasteiger partial charge in [-0.15, -0.1) is 0 Å². The SMILES string of the molecule is CCCC1CC(N(CC2CCNCC2)C2CC2)CCO1. The van der Waals surface area contributed by atoms with Crippen LogP contribution in [0.25, 0.3) is 0 Å². The zero-order valence-electron chi connectivity index (χ0n) is 13.2. The average molecular weight is 280 g/mol. The second-order valence-corrected chi connectivity index (χ2v) is 7.08. The molecular formula is C17H32N2O. The largest absolute Gasteiger partial charge is 0.378 e. The molecule has 0 amide bonds. The molecule has 2 unspecified atom stereocenters. The summed E-state index contributed by atoms with van der Waals surface area (Å²) in [4.78, 5) is 2.89. The van der Waals surface area contributed by atoms with Crippen LogP contribution >= 0.6 is 0 Å². The van der Waals surface area contributed by atoms with Gasteiger partial charge in [0.25, 0.3) is 0 Å². The van der Waals surface area contributed by atoms with Crippen LogP contribution in [0.2, 0.25) is 0 Å². The van der Waals surface area contributed by atoms with Crippen molar-refractivity contribution in [3.63, 3.8) is 0 Å². The van der Waals surface area contributed by atoms with E-state index < -0.39 is 0 Å². The minimum Gasteiger partial charge on any atom is -0.378 e. The Bertz CT molecular complexity index is 285. The van der Waals surface area contributed by atoms with Crippen LogP contribution in [0, 0.1) is 5.92 Å². The van der Waals surface area contributed by atoms with Crippen molar-refractivity contribution in [3.8, 4) is 0 Å². The first-order valence-electron chi connectivity index (χ1n) is 8.95. The molecule has 0 aromatic carbocycles. The Morgan fingerprint density at radius 2 is 1.85 bits per heavy atom. The molecule has 0 spiro atoms. The van der Waals surface area contributed by atoms with Crippen molar-refractivity contribution in [1.82, 2.24) is 10.2 Å². The van der Waals surface area contributed by atoms with E-state index in [-0.39, 0.29) is 0 Å². The molecule has 2 saturated heterocycles. The van der Waals surface area contributed by atoms with Crippen molar-refractivity contribution < 1.29 is 4.74 Å². The molecule has 0 aromatic heterocycles. The highest BCUT2D eigenvalue weighted by molar-refractivity contribution is 4.92. The highest BCUT2D eigenvalue weighted by Crippen LogP contribution is 2.34. The van der Waals surface area contributed by atoms with Gasteiger partial charge in [0.05, 0.1) is 6.10 Å². The van der Waals surface area contributed by atoms with Crippen LogP contribution in [0.3, 0.4) is 0 Å². The van der Waals surface area contributed by atoms with E-state index in [1.807, 2.05) is 0 Å². The summed E-state index contributed by atoms with van der Waals surface area (Å²) in [6.45, 7) is 7.09. The number of ether oxygens (including phenoxy) is 1. The Balaban J connectivity index is 1.55. The van der Waals surface area contributed by atoms with E-state index in [1.54, 1.807) is 0 Å². The Morgan fingerprint density at radius 1 is 1.05 bits per heavy atom. The van der Waals surface area contributed by atoms with Gasteiger partial charge in [-0.25, -0.2) is 0 Å². The lowest BCUT2D eigenvalue weighted by Gasteiger charge is -2.40. The summed E-state index contributed by atoms with van der Waals surface area (Å²) in [7, 11) is 0. The van der Waals surface area contributed by atoms with E-state index in [0.717, 1.165) is 24.6 Å². The molecule has 1 N–H and O–H groups in total. The first-order valence-corrected chi connectivity index (χ1v) is 8.95. The summed E-state index contributed by atoms with van der Waals surface area (Å²) in [5.41, 5.74) is 0. The highest BCUT2D eigenvalue weighted by atomic mass is 16.5. The summed E-state index contributed by atoms with van der Waals surface area (Å²) >= 11 is 0. The second kappa shape index (κ2) is 7.24. The molecule has 1 aliphatic carbocycles. The Morgan fingerprint density at radius 3 is 2.55 bits per heavy atom. The lowest BCUT2D eigenvalue weighted by atomic mass is 9.93. The third-order valence-electron chi connectivity index (χ3n) is 5.36. The quantitative estimate of drug-likeness (QED) is 0.810. The van der Waals surface area contributed by atoms with Crippen molar-refractivity contribution in [2.24, 2.45) is 5.92 Å². The van der Waals surface area contributed by atoms with Gasteiger partial charge in [-0.1, -0.05) is 13.3 Å². The van der Waals surface area contributed by atoms with Crippen molar-refractivity contribution in [3.05, 3.63) is 0 Å². The summed E-state index contributed by atoms with van der Waals surface area (Å²) in [6.07, 6.45) is 11.2. The average Bonchev–Trinajstić information content (AvgIpc) is 3.31. The van der Waals surface area contributed by atoms with Gasteiger partial charge in [0, 0.05) is 25.2 Å². The molecule has 20 heavy (non-hydrogen) atoms. The number of rotatable bonds is 6. The van der Waals surface area contributed by atoms with Crippen molar-refractivity contribution in [1.29, 1.82) is 0 Å². The first kappa shape index (κ1) is 14.8. The van der Waals surface area contributed by atoms with E-state index in [4.69, 9.17) is 4.74 Å². The molecular weight excluding hydrogens is 248 g/mol. The molecule has 3 fully saturated rings. The van der Waals surface area contributed by atoms with E-state index >= 15 is 0 Å². The highest BCUT2D eigenvalue weighted by Gasteiger charge is 2.37. The normalized spacial score (nSPS) is 32.7. The second-order valence-electron chi connectivity index (χ2n) is 7.08. The van der Waals surface area contributed by atoms with Crippen LogP contribution in [0.4, 0.5) is 0 Å². The number of hydrogen-bond acceptors (Lipinski definition) is 3. The molecule has 116 valence electrons. The number of piperidine rings is 1. The zero-order valence-corrected chi connectivity index (χ0v) is 13.2. The van der Waals surface area contributed by atoms with Crippen LogP contribution in [0.15, 0.2) is 0 Å². The lowest BCUT2D eigenvalue weighted by molar-refractivity contribution is -0.0364. The Hall–Kier alpha value is -0.120. The molecule has 0 bridgehead atoms. The molecule has 0 radical (unpaired) electrons.